The van der Waals surface area contributed by atoms with Gasteiger partial charge in [0.1, 0.15) is 0 Å². The molecule has 0 aliphatic heterocycles. The van der Waals surface area contributed by atoms with Crippen LogP contribution < -0.4 is 5.32 Å². The van der Waals surface area contributed by atoms with Gasteiger partial charge >= 0.3 is 5.97 Å². The normalized spacial score (nSPS) is 10.3. The first-order chi connectivity index (χ1) is 8.59. The van der Waals surface area contributed by atoms with Crippen molar-refractivity contribution in [1.29, 1.82) is 0 Å². The minimum Gasteiger partial charge on any atom is -0.481 e. The zero-order valence-electron chi connectivity index (χ0n) is 10.6. The predicted molar refractivity (Wildman–Crippen MR) is 66.3 cm³/mol. The minimum absolute atomic E-state index is 0.117. The van der Waals surface area contributed by atoms with Gasteiger partial charge in [-0.25, -0.2) is 0 Å². The Labute approximate surface area is 106 Å². The van der Waals surface area contributed by atoms with E-state index in [-0.39, 0.29) is 12.3 Å². The molecular formula is C12H19N3O3. The van der Waals surface area contributed by atoms with E-state index in [0.29, 0.717) is 18.5 Å². The third kappa shape index (κ3) is 5.47. The second kappa shape index (κ2) is 7.47. The number of hydrogen-bond donors (Lipinski definition) is 2. The number of carboxylic acids is 1. The van der Waals surface area contributed by atoms with E-state index in [4.69, 9.17) is 5.11 Å². The van der Waals surface area contributed by atoms with Crippen LogP contribution in [0.4, 0.5) is 0 Å². The number of unbranched alkanes of at least 4 members (excludes halogenated alkanes) is 3. The van der Waals surface area contributed by atoms with Crippen molar-refractivity contribution >= 4 is 11.9 Å². The molecule has 2 N–H and O–H groups in total. The molecule has 1 rings (SSSR count). The van der Waals surface area contributed by atoms with Crippen molar-refractivity contribution in [2.24, 2.45) is 7.05 Å². The Morgan fingerprint density at radius 2 is 2.06 bits per heavy atom. The van der Waals surface area contributed by atoms with Gasteiger partial charge in [-0.15, -0.1) is 0 Å². The van der Waals surface area contributed by atoms with Crippen molar-refractivity contribution in [1.82, 2.24) is 15.1 Å². The largest absolute Gasteiger partial charge is 0.481 e. The molecule has 1 aromatic heterocycles. The van der Waals surface area contributed by atoms with E-state index in [0.717, 1.165) is 19.3 Å². The lowest BCUT2D eigenvalue weighted by atomic mass is 10.1. The van der Waals surface area contributed by atoms with Crippen molar-refractivity contribution in [3.8, 4) is 0 Å². The molecule has 0 unspecified atom stereocenters. The highest BCUT2D eigenvalue weighted by Gasteiger charge is 2.06. The number of aryl methyl sites for hydroxylation is 1. The third-order valence-electron chi connectivity index (χ3n) is 2.57. The smallest absolute Gasteiger partial charge is 0.303 e. The summed E-state index contributed by atoms with van der Waals surface area (Å²) in [6.07, 6.45) is 6.81. The molecule has 0 aliphatic carbocycles. The van der Waals surface area contributed by atoms with Crippen molar-refractivity contribution < 1.29 is 14.7 Å². The number of aliphatic carboxylic acids is 1. The van der Waals surface area contributed by atoms with Gasteiger partial charge in [-0.05, 0) is 12.8 Å². The van der Waals surface area contributed by atoms with Crippen molar-refractivity contribution in [3.63, 3.8) is 0 Å². The van der Waals surface area contributed by atoms with Crippen LogP contribution in [-0.4, -0.2) is 33.3 Å². The molecule has 0 aliphatic rings. The first-order valence-corrected chi connectivity index (χ1v) is 6.08. The van der Waals surface area contributed by atoms with Gasteiger partial charge in [-0.1, -0.05) is 12.8 Å². The highest BCUT2D eigenvalue weighted by Crippen LogP contribution is 2.02. The van der Waals surface area contributed by atoms with Gasteiger partial charge in [0.2, 0.25) is 0 Å². The number of amides is 1. The summed E-state index contributed by atoms with van der Waals surface area (Å²) >= 11 is 0. The highest BCUT2D eigenvalue weighted by atomic mass is 16.4. The third-order valence-corrected chi connectivity index (χ3v) is 2.57. The van der Waals surface area contributed by atoms with Crippen molar-refractivity contribution in [2.45, 2.75) is 32.1 Å². The summed E-state index contributed by atoms with van der Waals surface area (Å²) in [4.78, 5) is 21.9. The molecule has 0 saturated carbocycles. The standard InChI is InChI=1S/C12H19N3O3/c1-15-9-10(8-14-15)12(18)13-7-5-3-2-4-6-11(16)17/h8-9H,2-7H2,1H3,(H,13,18)(H,16,17). The molecular weight excluding hydrogens is 234 g/mol. The Morgan fingerprint density at radius 1 is 1.33 bits per heavy atom. The number of carboxylic acid groups (broad SMARTS) is 1. The number of carbonyl (C=O) groups excluding carboxylic acids is 1. The molecule has 0 bridgehead atoms. The van der Waals surface area contributed by atoms with Gasteiger partial charge in [-0.3, -0.25) is 14.3 Å². The first kappa shape index (κ1) is 14.2. The minimum atomic E-state index is -0.750. The van der Waals surface area contributed by atoms with Gasteiger partial charge in [0.15, 0.2) is 0 Å². The molecule has 0 saturated heterocycles. The Balaban J connectivity index is 2.04. The Morgan fingerprint density at radius 3 is 2.67 bits per heavy atom. The lowest BCUT2D eigenvalue weighted by molar-refractivity contribution is -0.137. The van der Waals surface area contributed by atoms with Gasteiger partial charge in [0.05, 0.1) is 11.8 Å². The summed E-state index contributed by atoms with van der Waals surface area (Å²) in [5.41, 5.74) is 0.559. The van der Waals surface area contributed by atoms with E-state index in [2.05, 4.69) is 10.4 Å². The average molecular weight is 253 g/mol. The van der Waals surface area contributed by atoms with Crippen LogP contribution in [-0.2, 0) is 11.8 Å². The fourth-order valence-electron chi connectivity index (χ4n) is 1.60. The van der Waals surface area contributed by atoms with Gasteiger partial charge in [0.25, 0.3) is 5.91 Å². The quantitative estimate of drug-likeness (QED) is 0.681. The number of nitrogens with one attached hydrogen (secondary N) is 1. The zero-order chi connectivity index (χ0) is 13.4. The van der Waals surface area contributed by atoms with Crippen LogP contribution in [0.15, 0.2) is 12.4 Å². The highest BCUT2D eigenvalue weighted by molar-refractivity contribution is 5.93. The van der Waals surface area contributed by atoms with Crippen LogP contribution in [0.3, 0.4) is 0 Å². The Hall–Kier alpha value is -1.85. The molecule has 1 aromatic rings. The topological polar surface area (TPSA) is 84.2 Å². The number of nitrogens with zero attached hydrogens (tertiary/aromatic N) is 2. The van der Waals surface area contributed by atoms with Crippen molar-refractivity contribution in [2.75, 3.05) is 6.54 Å². The molecule has 6 nitrogen and oxygen atoms in total. The summed E-state index contributed by atoms with van der Waals surface area (Å²) in [5, 5.41) is 15.2. The van der Waals surface area contributed by atoms with Crippen LogP contribution in [0.2, 0.25) is 0 Å². The Bertz CT molecular complexity index is 401. The van der Waals surface area contributed by atoms with Crippen LogP contribution >= 0.6 is 0 Å². The summed E-state index contributed by atoms with van der Waals surface area (Å²) in [6.45, 7) is 0.612. The average Bonchev–Trinajstić information content (AvgIpc) is 2.74. The number of aromatic nitrogens is 2. The molecule has 1 amide bonds. The summed E-state index contributed by atoms with van der Waals surface area (Å²) in [7, 11) is 1.76. The van der Waals surface area contributed by atoms with E-state index in [1.54, 1.807) is 17.9 Å². The second-order valence-corrected chi connectivity index (χ2v) is 4.22. The van der Waals surface area contributed by atoms with E-state index in [1.165, 1.54) is 6.20 Å². The van der Waals surface area contributed by atoms with Crippen LogP contribution in [0.25, 0.3) is 0 Å². The fraction of sp³-hybridized carbons (Fsp3) is 0.583. The first-order valence-electron chi connectivity index (χ1n) is 6.08. The van der Waals surface area contributed by atoms with Crippen molar-refractivity contribution in [3.05, 3.63) is 18.0 Å². The van der Waals surface area contributed by atoms with E-state index >= 15 is 0 Å². The maximum absolute atomic E-state index is 11.6. The molecule has 0 atom stereocenters. The fourth-order valence-corrected chi connectivity index (χ4v) is 1.60. The zero-order valence-corrected chi connectivity index (χ0v) is 10.6. The maximum Gasteiger partial charge on any atom is 0.303 e. The predicted octanol–water partition coefficient (Wildman–Crippen LogP) is 1.18. The number of carbonyl (C=O) groups is 2. The number of rotatable bonds is 8. The van der Waals surface area contributed by atoms with Crippen LogP contribution in [0.1, 0.15) is 42.5 Å². The van der Waals surface area contributed by atoms with Gasteiger partial charge in [0, 0.05) is 26.2 Å². The molecule has 18 heavy (non-hydrogen) atoms. The van der Waals surface area contributed by atoms with Crippen LogP contribution in [0.5, 0.6) is 0 Å². The SMILES string of the molecule is Cn1cc(C(=O)NCCCCCCC(=O)O)cn1. The Kier molecular flexibility index (Phi) is 5.90. The van der Waals surface area contributed by atoms with Gasteiger partial charge in [-0.2, -0.15) is 5.10 Å². The maximum atomic E-state index is 11.6. The lowest BCUT2D eigenvalue weighted by Gasteiger charge is -2.03. The number of hydrogen-bond acceptors (Lipinski definition) is 3. The van der Waals surface area contributed by atoms with Gasteiger partial charge < -0.3 is 10.4 Å². The molecule has 6 heteroatoms. The van der Waals surface area contributed by atoms with E-state index in [1.807, 2.05) is 0 Å². The summed E-state index contributed by atoms with van der Waals surface area (Å²) < 4.78 is 1.58. The van der Waals surface area contributed by atoms with E-state index < -0.39 is 5.97 Å². The van der Waals surface area contributed by atoms with Crippen LogP contribution in [0, 0.1) is 0 Å². The molecule has 100 valence electrons. The molecule has 1 heterocycles. The summed E-state index contributed by atoms with van der Waals surface area (Å²) in [6, 6.07) is 0. The lowest BCUT2D eigenvalue weighted by Crippen LogP contribution is -2.24. The second-order valence-electron chi connectivity index (χ2n) is 4.22. The molecule has 0 radical (unpaired) electrons. The molecule has 0 aromatic carbocycles. The monoisotopic (exact) mass is 253 g/mol. The summed E-state index contributed by atoms with van der Waals surface area (Å²) in [5.74, 6) is -0.867. The van der Waals surface area contributed by atoms with E-state index in [9.17, 15) is 9.59 Å². The molecule has 0 fully saturated rings. The molecule has 0 spiro atoms.